The van der Waals surface area contributed by atoms with Crippen molar-refractivity contribution in [3.63, 3.8) is 0 Å². The Morgan fingerprint density at radius 3 is 2.27 bits per heavy atom. The number of hydrogen-bond acceptors (Lipinski definition) is 1. The third-order valence-corrected chi connectivity index (χ3v) is 5.96. The van der Waals surface area contributed by atoms with E-state index in [1.54, 1.807) is 49.4 Å². The van der Waals surface area contributed by atoms with Crippen LogP contribution in [0.15, 0.2) is 54.6 Å². The molecule has 0 N–H and O–H groups in total. The van der Waals surface area contributed by atoms with E-state index in [2.05, 4.69) is 0 Å². The van der Waals surface area contributed by atoms with Crippen molar-refractivity contribution in [1.29, 1.82) is 0 Å². The Labute approximate surface area is 175 Å². The van der Waals surface area contributed by atoms with E-state index in [0.29, 0.717) is 22.4 Å². The van der Waals surface area contributed by atoms with Gasteiger partial charge in [0.2, 0.25) is 0 Å². The summed E-state index contributed by atoms with van der Waals surface area (Å²) in [6.45, 7) is 1.94. The summed E-state index contributed by atoms with van der Waals surface area (Å²) in [5, 5.41) is 0. The van der Waals surface area contributed by atoms with Crippen LogP contribution in [0, 0.1) is 24.4 Å². The van der Waals surface area contributed by atoms with Crippen LogP contribution < -0.4 is 4.74 Å². The van der Waals surface area contributed by atoms with E-state index < -0.39 is 11.6 Å². The largest absolute Gasteiger partial charge is 0.489 e. The van der Waals surface area contributed by atoms with Gasteiger partial charge in [-0.2, -0.15) is 0 Å². The summed E-state index contributed by atoms with van der Waals surface area (Å²) in [6, 6.07) is 15.2. The summed E-state index contributed by atoms with van der Waals surface area (Å²) in [5.74, 6) is -1.08. The molecule has 0 aliphatic heterocycles. The second-order valence-electron chi connectivity index (χ2n) is 8.06. The highest BCUT2D eigenvalue weighted by Crippen LogP contribution is 2.37. The second kappa shape index (κ2) is 8.95. The zero-order chi connectivity index (χ0) is 21.1. The summed E-state index contributed by atoms with van der Waals surface area (Å²) < 4.78 is 48.9. The Balaban J connectivity index is 1.48. The molecule has 0 bridgehead atoms. The van der Waals surface area contributed by atoms with Crippen LogP contribution in [0.3, 0.4) is 0 Å². The van der Waals surface area contributed by atoms with Gasteiger partial charge in [0, 0.05) is 5.56 Å². The van der Waals surface area contributed by atoms with Gasteiger partial charge in [0.05, 0.1) is 0 Å². The molecule has 156 valence electrons. The minimum absolute atomic E-state index is 0.115. The second-order valence-corrected chi connectivity index (χ2v) is 8.06. The fraction of sp³-hybridized carbons (Fsp3) is 0.308. The molecule has 0 atom stereocenters. The molecule has 1 aliphatic carbocycles. The first-order chi connectivity index (χ1) is 14.5. The number of rotatable bonds is 5. The van der Waals surface area contributed by atoms with Gasteiger partial charge >= 0.3 is 0 Å². The van der Waals surface area contributed by atoms with Crippen molar-refractivity contribution in [2.45, 2.75) is 51.6 Å². The molecule has 1 fully saturated rings. The number of aryl methyl sites for hydroxylation is 1. The van der Waals surface area contributed by atoms with Gasteiger partial charge in [-0.1, -0.05) is 55.7 Å². The van der Waals surface area contributed by atoms with Gasteiger partial charge in [-0.15, -0.1) is 0 Å². The van der Waals surface area contributed by atoms with Crippen LogP contribution in [0.2, 0.25) is 0 Å². The molecule has 3 aromatic rings. The first-order valence-electron chi connectivity index (χ1n) is 10.5. The maximum atomic E-state index is 14.8. The number of ether oxygens (including phenoxy) is 1. The summed E-state index contributed by atoms with van der Waals surface area (Å²) in [6.07, 6.45) is 5.17. The first kappa shape index (κ1) is 20.5. The molecule has 0 saturated heterocycles. The normalized spacial score (nSPS) is 14.7. The standard InChI is InChI=1S/C26H25F3O/c1-17-7-8-18(15-24(17)27)16-30-21-11-9-20(10-12-21)23-14-13-22(25(28)26(23)29)19-5-3-2-4-6-19/h7-15,19H,2-6,16H2,1H3. The van der Waals surface area contributed by atoms with Gasteiger partial charge in [-0.05, 0) is 66.1 Å². The molecule has 1 aliphatic rings. The third-order valence-electron chi connectivity index (χ3n) is 5.96. The number of halogens is 3. The van der Waals surface area contributed by atoms with Gasteiger partial charge < -0.3 is 4.74 Å². The van der Waals surface area contributed by atoms with Crippen molar-refractivity contribution in [2.75, 3.05) is 0 Å². The van der Waals surface area contributed by atoms with Crippen LogP contribution in [0.5, 0.6) is 5.75 Å². The minimum atomic E-state index is -0.790. The van der Waals surface area contributed by atoms with Crippen molar-refractivity contribution in [3.8, 4) is 16.9 Å². The number of benzene rings is 3. The Bertz CT molecular complexity index is 1020. The Morgan fingerprint density at radius 2 is 1.57 bits per heavy atom. The van der Waals surface area contributed by atoms with Crippen molar-refractivity contribution >= 4 is 0 Å². The highest BCUT2D eigenvalue weighted by Gasteiger charge is 2.22. The lowest BCUT2D eigenvalue weighted by Crippen LogP contribution is -2.08. The van der Waals surface area contributed by atoms with Crippen molar-refractivity contribution in [3.05, 3.63) is 88.7 Å². The van der Waals surface area contributed by atoms with Gasteiger partial charge in [0.15, 0.2) is 11.6 Å². The Hall–Kier alpha value is -2.75. The highest BCUT2D eigenvalue weighted by atomic mass is 19.2. The van der Waals surface area contributed by atoms with Crippen LogP contribution in [-0.4, -0.2) is 0 Å². The molecule has 0 amide bonds. The zero-order valence-electron chi connectivity index (χ0n) is 17.1. The number of hydrogen-bond donors (Lipinski definition) is 0. The lowest BCUT2D eigenvalue weighted by atomic mass is 9.83. The first-order valence-corrected chi connectivity index (χ1v) is 10.5. The lowest BCUT2D eigenvalue weighted by Gasteiger charge is -2.23. The molecule has 1 saturated carbocycles. The van der Waals surface area contributed by atoms with Crippen LogP contribution in [0.4, 0.5) is 13.2 Å². The van der Waals surface area contributed by atoms with Gasteiger partial charge in [0.25, 0.3) is 0 Å². The quantitative estimate of drug-likeness (QED) is 0.419. The zero-order valence-corrected chi connectivity index (χ0v) is 17.1. The van der Waals surface area contributed by atoms with Crippen molar-refractivity contribution in [2.24, 2.45) is 0 Å². The van der Waals surface area contributed by atoms with Crippen LogP contribution in [0.25, 0.3) is 11.1 Å². The molecule has 4 heteroatoms. The fourth-order valence-corrected chi connectivity index (χ4v) is 4.14. The third kappa shape index (κ3) is 4.38. The van der Waals surface area contributed by atoms with Crippen LogP contribution in [0.1, 0.15) is 54.7 Å². The van der Waals surface area contributed by atoms with Gasteiger partial charge in [0.1, 0.15) is 18.2 Å². The van der Waals surface area contributed by atoms with Gasteiger partial charge in [-0.3, -0.25) is 0 Å². The van der Waals surface area contributed by atoms with Crippen molar-refractivity contribution < 1.29 is 17.9 Å². The predicted molar refractivity (Wildman–Crippen MR) is 113 cm³/mol. The average Bonchev–Trinajstić information content (AvgIpc) is 2.77. The average molecular weight is 410 g/mol. The van der Waals surface area contributed by atoms with Crippen molar-refractivity contribution in [1.82, 2.24) is 0 Å². The molecule has 0 spiro atoms. The Morgan fingerprint density at radius 1 is 0.833 bits per heavy atom. The minimum Gasteiger partial charge on any atom is -0.489 e. The fourth-order valence-electron chi connectivity index (χ4n) is 4.14. The topological polar surface area (TPSA) is 9.23 Å². The van der Waals surface area contributed by atoms with Crippen LogP contribution >= 0.6 is 0 Å². The highest BCUT2D eigenvalue weighted by molar-refractivity contribution is 5.65. The molecule has 0 radical (unpaired) electrons. The summed E-state index contributed by atoms with van der Waals surface area (Å²) in [5.41, 5.74) is 2.66. The maximum Gasteiger partial charge on any atom is 0.166 e. The van der Waals surface area contributed by atoms with E-state index in [0.717, 1.165) is 31.2 Å². The smallest absolute Gasteiger partial charge is 0.166 e. The molecule has 0 aromatic heterocycles. The molecule has 0 heterocycles. The molecular formula is C26H25F3O. The van der Waals surface area contributed by atoms with E-state index >= 15 is 0 Å². The molecule has 30 heavy (non-hydrogen) atoms. The molecule has 0 unspecified atom stereocenters. The summed E-state index contributed by atoms with van der Waals surface area (Å²) in [7, 11) is 0. The molecule has 1 nitrogen and oxygen atoms in total. The predicted octanol–water partition coefficient (Wildman–Crippen LogP) is 7.71. The summed E-state index contributed by atoms with van der Waals surface area (Å²) >= 11 is 0. The lowest BCUT2D eigenvalue weighted by molar-refractivity contribution is 0.305. The molecule has 3 aromatic carbocycles. The van der Waals surface area contributed by atoms with E-state index in [1.807, 2.05) is 6.07 Å². The SMILES string of the molecule is Cc1ccc(COc2ccc(-c3ccc(C4CCCCC4)c(F)c3F)cc2)cc1F. The molecule has 4 rings (SSSR count). The van der Waals surface area contributed by atoms with E-state index in [1.165, 1.54) is 12.5 Å². The summed E-state index contributed by atoms with van der Waals surface area (Å²) in [4.78, 5) is 0. The molecular weight excluding hydrogens is 385 g/mol. The Kier molecular flexibility index (Phi) is 6.12. The monoisotopic (exact) mass is 410 g/mol. The van der Waals surface area contributed by atoms with E-state index in [-0.39, 0.29) is 23.9 Å². The van der Waals surface area contributed by atoms with E-state index in [9.17, 15) is 13.2 Å². The maximum absolute atomic E-state index is 14.8. The van der Waals surface area contributed by atoms with E-state index in [4.69, 9.17) is 4.74 Å². The van der Waals surface area contributed by atoms with Gasteiger partial charge in [-0.25, -0.2) is 13.2 Å². The van der Waals surface area contributed by atoms with Crippen LogP contribution in [-0.2, 0) is 6.61 Å².